The number of ether oxygens (including phenoxy) is 1. The molecule has 0 spiro atoms. The summed E-state index contributed by atoms with van der Waals surface area (Å²) in [5, 5.41) is 14.5. The fourth-order valence-electron chi connectivity index (χ4n) is 1.72. The molecular weight excluding hydrogens is 272 g/mol. The molecule has 0 aliphatic rings. The van der Waals surface area contributed by atoms with Gasteiger partial charge in [0.15, 0.2) is 0 Å². The van der Waals surface area contributed by atoms with E-state index >= 15 is 0 Å². The Morgan fingerprint density at radius 2 is 2.25 bits per heavy atom. The van der Waals surface area contributed by atoms with Crippen LogP contribution in [0.5, 0.6) is 0 Å². The first kappa shape index (κ1) is 13.7. The normalized spacial score (nSPS) is 17.1. The molecule has 0 fully saturated rings. The topological polar surface area (TPSA) is 47.3 Å². The van der Waals surface area contributed by atoms with Crippen LogP contribution in [0.4, 0.5) is 0 Å². The van der Waals surface area contributed by atoms with Crippen LogP contribution in [0, 0.1) is 0 Å². The van der Waals surface area contributed by atoms with Crippen LogP contribution in [0.1, 0.15) is 39.0 Å². The Morgan fingerprint density at radius 3 is 2.62 bits per heavy atom. The molecule has 0 aromatic carbocycles. The zero-order valence-corrected chi connectivity index (χ0v) is 11.8. The van der Waals surface area contributed by atoms with Gasteiger partial charge >= 0.3 is 0 Å². The predicted molar refractivity (Wildman–Crippen MR) is 66.2 cm³/mol. The first-order valence-electron chi connectivity index (χ1n) is 5.45. The predicted octanol–water partition coefficient (Wildman–Crippen LogP) is 2.42. The van der Waals surface area contributed by atoms with Gasteiger partial charge in [-0.25, -0.2) is 0 Å². The number of rotatable bonds is 5. The van der Waals surface area contributed by atoms with Crippen LogP contribution >= 0.6 is 15.9 Å². The highest BCUT2D eigenvalue weighted by Gasteiger charge is 2.36. The zero-order chi connectivity index (χ0) is 12.3. The summed E-state index contributed by atoms with van der Waals surface area (Å²) in [6.45, 7) is 6.43. The molecule has 0 radical (unpaired) electrons. The van der Waals surface area contributed by atoms with E-state index in [0.29, 0.717) is 6.61 Å². The lowest BCUT2D eigenvalue weighted by atomic mass is 9.93. The second-order valence-electron chi connectivity index (χ2n) is 4.00. The van der Waals surface area contributed by atoms with Crippen molar-refractivity contribution in [2.45, 2.75) is 38.9 Å². The summed E-state index contributed by atoms with van der Waals surface area (Å²) in [6, 6.07) is 0. The van der Waals surface area contributed by atoms with Crippen molar-refractivity contribution >= 4 is 15.9 Å². The van der Waals surface area contributed by atoms with Gasteiger partial charge in [0.05, 0.1) is 22.0 Å². The second kappa shape index (κ2) is 5.29. The van der Waals surface area contributed by atoms with Crippen LogP contribution in [0.2, 0.25) is 0 Å². The molecule has 92 valence electrons. The first-order valence-corrected chi connectivity index (χ1v) is 6.25. The maximum absolute atomic E-state index is 10.4. The summed E-state index contributed by atoms with van der Waals surface area (Å²) in [4.78, 5) is 0. The monoisotopic (exact) mass is 290 g/mol. The van der Waals surface area contributed by atoms with Crippen LogP contribution in [0.25, 0.3) is 0 Å². The van der Waals surface area contributed by atoms with E-state index in [1.165, 1.54) is 0 Å². The third-order valence-corrected chi connectivity index (χ3v) is 3.56. The average Bonchev–Trinajstić information content (AvgIpc) is 2.58. The lowest BCUT2D eigenvalue weighted by Crippen LogP contribution is -2.36. The number of aryl methyl sites for hydroxylation is 1. The zero-order valence-electron chi connectivity index (χ0n) is 10.2. The second-order valence-corrected chi connectivity index (χ2v) is 4.86. The van der Waals surface area contributed by atoms with Gasteiger partial charge in [0.2, 0.25) is 0 Å². The van der Waals surface area contributed by atoms with E-state index in [4.69, 9.17) is 4.74 Å². The standard InChI is InChI=1S/C11H19BrN2O2/c1-5-11(3,16-6-2)10(15)9-8(12)7-13-14(9)4/h7,10,15H,5-6H2,1-4H3. The van der Waals surface area contributed by atoms with Crippen molar-refractivity contribution in [2.75, 3.05) is 6.61 Å². The third kappa shape index (κ3) is 2.47. The molecule has 2 unspecified atom stereocenters. The van der Waals surface area contributed by atoms with Crippen molar-refractivity contribution < 1.29 is 9.84 Å². The molecule has 4 nitrogen and oxygen atoms in total. The number of aliphatic hydroxyl groups excluding tert-OH is 1. The Labute approximate surface area is 105 Å². The minimum atomic E-state index is -0.695. The molecule has 0 saturated carbocycles. The fraction of sp³-hybridized carbons (Fsp3) is 0.727. The van der Waals surface area contributed by atoms with Gasteiger partial charge in [0, 0.05) is 13.7 Å². The molecule has 0 amide bonds. The summed E-state index contributed by atoms with van der Waals surface area (Å²) in [6.07, 6.45) is 1.72. The van der Waals surface area contributed by atoms with Crippen LogP contribution in [0.3, 0.4) is 0 Å². The summed E-state index contributed by atoms with van der Waals surface area (Å²) < 4.78 is 8.14. The lowest BCUT2D eigenvalue weighted by Gasteiger charge is -2.33. The average molecular weight is 291 g/mol. The Morgan fingerprint density at radius 1 is 1.62 bits per heavy atom. The number of hydrogen-bond donors (Lipinski definition) is 1. The van der Waals surface area contributed by atoms with Crippen molar-refractivity contribution in [3.63, 3.8) is 0 Å². The van der Waals surface area contributed by atoms with Gasteiger partial charge in [-0.05, 0) is 36.2 Å². The first-order chi connectivity index (χ1) is 7.46. The third-order valence-electron chi connectivity index (χ3n) is 2.95. The number of aromatic nitrogens is 2. The van der Waals surface area contributed by atoms with Crippen molar-refractivity contribution in [1.29, 1.82) is 0 Å². The Kier molecular flexibility index (Phi) is 4.52. The molecule has 1 N–H and O–H groups in total. The SMILES string of the molecule is CCOC(C)(CC)C(O)c1c(Br)cnn1C. The molecule has 0 aliphatic heterocycles. The summed E-state index contributed by atoms with van der Waals surface area (Å²) >= 11 is 3.39. The van der Waals surface area contributed by atoms with Crippen LogP contribution in [-0.2, 0) is 11.8 Å². The summed E-state index contributed by atoms with van der Waals surface area (Å²) in [7, 11) is 1.81. The van der Waals surface area contributed by atoms with E-state index in [0.717, 1.165) is 16.6 Å². The number of hydrogen-bond acceptors (Lipinski definition) is 3. The number of aliphatic hydroxyl groups is 1. The van der Waals surface area contributed by atoms with Crippen LogP contribution < -0.4 is 0 Å². The molecular formula is C11H19BrN2O2. The molecule has 16 heavy (non-hydrogen) atoms. The van der Waals surface area contributed by atoms with Crippen LogP contribution in [-0.4, -0.2) is 27.1 Å². The molecule has 1 aromatic rings. The minimum Gasteiger partial charge on any atom is -0.384 e. The molecule has 1 aromatic heterocycles. The minimum absolute atomic E-state index is 0.578. The van der Waals surface area contributed by atoms with E-state index < -0.39 is 11.7 Å². The highest BCUT2D eigenvalue weighted by molar-refractivity contribution is 9.10. The van der Waals surface area contributed by atoms with E-state index in [9.17, 15) is 5.11 Å². The van der Waals surface area contributed by atoms with Gasteiger partial charge in [-0.2, -0.15) is 5.10 Å². The lowest BCUT2D eigenvalue weighted by molar-refractivity contribution is -0.115. The highest BCUT2D eigenvalue weighted by atomic mass is 79.9. The van der Waals surface area contributed by atoms with Gasteiger partial charge in [-0.3, -0.25) is 4.68 Å². The largest absolute Gasteiger partial charge is 0.384 e. The van der Waals surface area contributed by atoms with Crippen molar-refractivity contribution in [2.24, 2.45) is 7.05 Å². The molecule has 1 rings (SSSR count). The molecule has 5 heteroatoms. The maximum Gasteiger partial charge on any atom is 0.125 e. The molecule has 0 bridgehead atoms. The van der Waals surface area contributed by atoms with Crippen molar-refractivity contribution in [3.8, 4) is 0 Å². The highest BCUT2D eigenvalue weighted by Crippen LogP contribution is 2.35. The smallest absolute Gasteiger partial charge is 0.125 e. The van der Waals surface area contributed by atoms with Gasteiger partial charge < -0.3 is 9.84 Å². The Balaban J connectivity index is 3.04. The van der Waals surface area contributed by atoms with E-state index in [2.05, 4.69) is 21.0 Å². The molecule has 1 heterocycles. The van der Waals surface area contributed by atoms with E-state index in [1.54, 1.807) is 10.9 Å². The van der Waals surface area contributed by atoms with Gasteiger partial charge in [-0.1, -0.05) is 6.92 Å². The van der Waals surface area contributed by atoms with Gasteiger partial charge in [0.1, 0.15) is 6.10 Å². The van der Waals surface area contributed by atoms with Crippen molar-refractivity contribution in [3.05, 3.63) is 16.4 Å². The van der Waals surface area contributed by atoms with Crippen LogP contribution in [0.15, 0.2) is 10.7 Å². The van der Waals surface area contributed by atoms with E-state index in [1.807, 2.05) is 27.8 Å². The number of nitrogens with zero attached hydrogens (tertiary/aromatic N) is 2. The van der Waals surface area contributed by atoms with E-state index in [-0.39, 0.29) is 0 Å². The quantitative estimate of drug-likeness (QED) is 0.906. The fourth-order valence-corrected chi connectivity index (χ4v) is 2.29. The molecule has 0 aliphatic carbocycles. The summed E-state index contributed by atoms with van der Waals surface area (Å²) in [5.41, 5.74) is 0.170. The Hall–Kier alpha value is -0.390. The number of halogens is 1. The Bertz CT molecular complexity index is 334. The molecule has 2 atom stereocenters. The maximum atomic E-state index is 10.4. The molecule has 0 saturated heterocycles. The van der Waals surface area contributed by atoms with Gasteiger partial charge in [0.25, 0.3) is 0 Å². The van der Waals surface area contributed by atoms with Gasteiger partial charge in [-0.15, -0.1) is 0 Å². The summed E-state index contributed by atoms with van der Waals surface area (Å²) in [5.74, 6) is 0. The van der Waals surface area contributed by atoms with Crippen molar-refractivity contribution in [1.82, 2.24) is 9.78 Å².